The van der Waals surface area contributed by atoms with Gasteiger partial charge >= 0.3 is 0 Å². The van der Waals surface area contributed by atoms with E-state index in [1.54, 1.807) is 12.1 Å². The van der Waals surface area contributed by atoms with Crippen molar-refractivity contribution in [1.29, 1.82) is 0 Å². The van der Waals surface area contributed by atoms with E-state index in [2.05, 4.69) is 10.3 Å². The van der Waals surface area contributed by atoms with Crippen LogP contribution < -0.4 is 16.0 Å². The third-order valence-electron chi connectivity index (χ3n) is 3.00. The fourth-order valence-electron chi connectivity index (χ4n) is 1.82. The fraction of sp³-hybridized carbons (Fsp3) is 0.286. The Labute approximate surface area is 122 Å². The van der Waals surface area contributed by atoms with E-state index in [4.69, 9.17) is 5.73 Å². The van der Waals surface area contributed by atoms with Crippen LogP contribution in [0.4, 0.5) is 16.5 Å². The van der Waals surface area contributed by atoms with E-state index in [1.165, 1.54) is 11.3 Å². The number of nitrogens with one attached hydrogen (secondary N) is 1. The minimum Gasteiger partial charge on any atom is -0.399 e. The van der Waals surface area contributed by atoms with Crippen LogP contribution in [0.2, 0.25) is 0 Å². The van der Waals surface area contributed by atoms with Crippen LogP contribution in [0.15, 0.2) is 18.2 Å². The molecule has 0 atom stereocenters. The first kappa shape index (κ1) is 14.3. The van der Waals surface area contributed by atoms with Gasteiger partial charge in [0, 0.05) is 30.3 Å². The van der Waals surface area contributed by atoms with Crippen LogP contribution in [0.1, 0.15) is 20.9 Å². The molecule has 5 nitrogen and oxygen atoms in total. The van der Waals surface area contributed by atoms with Crippen LogP contribution in [0.5, 0.6) is 0 Å². The van der Waals surface area contributed by atoms with Crippen molar-refractivity contribution in [3.8, 4) is 0 Å². The summed E-state index contributed by atoms with van der Waals surface area (Å²) in [5.41, 5.74) is 8.64. The lowest BCUT2D eigenvalue weighted by Gasteiger charge is -2.17. The second-order valence-electron chi connectivity index (χ2n) is 4.79. The van der Waals surface area contributed by atoms with Gasteiger partial charge in [-0.1, -0.05) is 0 Å². The van der Waals surface area contributed by atoms with Gasteiger partial charge in [-0.2, -0.15) is 0 Å². The summed E-state index contributed by atoms with van der Waals surface area (Å²) >= 11 is 1.47. The number of amides is 1. The first-order chi connectivity index (χ1) is 9.38. The summed E-state index contributed by atoms with van der Waals surface area (Å²) < 4.78 is 0. The molecule has 0 aliphatic heterocycles. The van der Waals surface area contributed by atoms with Gasteiger partial charge in [0.05, 0.1) is 11.3 Å². The lowest BCUT2D eigenvalue weighted by Crippen LogP contribution is -2.18. The number of benzene rings is 1. The second kappa shape index (κ2) is 5.50. The Bertz CT molecular complexity index is 629. The van der Waals surface area contributed by atoms with E-state index < -0.39 is 0 Å². The third-order valence-corrected chi connectivity index (χ3v) is 3.98. The first-order valence-corrected chi connectivity index (χ1v) is 7.02. The molecule has 2 rings (SSSR count). The summed E-state index contributed by atoms with van der Waals surface area (Å²) in [6.07, 6.45) is 0. The molecule has 0 saturated carbocycles. The van der Waals surface area contributed by atoms with Crippen molar-refractivity contribution >= 4 is 33.8 Å². The minimum absolute atomic E-state index is 0.199. The Morgan fingerprint density at radius 2 is 2.05 bits per heavy atom. The van der Waals surface area contributed by atoms with E-state index >= 15 is 0 Å². The van der Waals surface area contributed by atoms with Crippen LogP contribution >= 0.6 is 11.3 Å². The van der Waals surface area contributed by atoms with E-state index in [0.29, 0.717) is 16.4 Å². The minimum atomic E-state index is -0.199. The second-order valence-corrected chi connectivity index (χ2v) is 5.99. The number of nitrogens with two attached hydrogens (primary N) is 1. The van der Waals surface area contributed by atoms with E-state index in [0.717, 1.165) is 16.3 Å². The molecule has 1 aromatic carbocycles. The van der Waals surface area contributed by atoms with Gasteiger partial charge in [-0.25, -0.2) is 4.98 Å². The highest BCUT2D eigenvalue weighted by atomic mass is 32.1. The highest BCUT2D eigenvalue weighted by Gasteiger charge is 2.15. The standard InChI is InChI=1S/C14H18N4OS/c1-8-9(2)20-14(16-8)17-13(19)11-7-10(15)5-6-12(11)18(3)4/h5-7H,15H2,1-4H3,(H,16,17,19). The summed E-state index contributed by atoms with van der Waals surface area (Å²) in [5, 5.41) is 3.44. The fourth-order valence-corrected chi connectivity index (χ4v) is 2.63. The van der Waals surface area contributed by atoms with E-state index in [9.17, 15) is 4.79 Å². The molecule has 6 heteroatoms. The molecule has 2 aromatic rings. The smallest absolute Gasteiger partial charge is 0.259 e. The zero-order valence-electron chi connectivity index (χ0n) is 12.0. The molecule has 0 spiro atoms. The Kier molecular flexibility index (Phi) is 3.94. The molecule has 1 heterocycles. The van der Waals surface area contributed by atoms with Gasteiger partial charge in [0.1, 0.15) is 0 Å². The number of rotatable bonds is 3. The van der Waals surface area contributed by atoms with Crippen LogP contribution in [-0.2, 0) is 0 Å². The third kappa shape index (κ3) is 2.91. The van der Waals surface area contributed by atoms with Crippen molar-refractivity contribution < 1.29 is 4.79 Å². The van der Waals surface area contributed by atoms with Crippen molar-refractivity contribution in [2.24, 2.45) is 0 Å². The Morgan fingerprint density at radius 1 is 1.35 bits per heavy atom. The van der Waals surface area contributed by atoms with Crippen molar-refractivity contribution in [2.75, 3.05) is 30.0 Å². The molecule has 0 aliphatic rings. The molecular weight excluding hydrogens is 272 g/mol. The molecule has 0 bridgehead atoms. The summed E-state index contributed by atoms with van der Waals surface area (Å²) in [5.74, 6) is -0.199. The van der Waals surface area contributed by atoms with Gasteiger partial charge in [0.15, 0.2) is 5.13 Å². The van der Waals surface area contributed by atoms with Gasteiger partial charge in [0.25, 0.3) is 5.91 Å². The maximum absolute atomic E-state index is 12.4. The molecule has 1 amide bonds. The molecule has 0 fully saturated rings. The van der Waals surface area contributed by atoms with Crippen molar-refractivity contribution in [3.63, 3.8) is 0 Å². The summed E-state index contributed by atoms with van der Waals surface area (Å²) in [6, 6.07) is 5.30. The molecule has 0 radical (unpaired) electrons. The highest BCUT2D eigenvalue weighted by molar-refractivity contribution is 7.15. The number of thiazole rings is 1. The Morgan fingerprint density at radius 3 is 2.60 bits per heavy atom. The van der Waals surface area contributed by atoms with Crippen LogP contribution in [-0.4, -0.2) is 25.0 Å². The number of hydrogen-bond acceptors (Lipinski definition) is 5. The van der Waals surface area contributed by atoms with Gasteiger partial charge in [-0.15, -0.1) is 11.3 Å². The Hall–Kier alpha value is -2.08. The van der Waals surface area contributed by atoms with Gasteiger partial charge in [-0.05, 0) is 32.0 Å². The average Bonchev–Trinajstić information content (AvgIpc) is 2.67. The number of aromatic nitrogens is 1. The topological polar surface area (TPSA) is 71.2 Å². The largest absolute Gasteiger partial charge is 0.399 e. The summed E-state index contributed by atoms with van der Waals surface area (Å²) in [7, 11) is 3.78. The number of nitrogen functional groups attached to an aromatic ring is 1. The van der Waals surface area contributed by atoms with Crippen LogP contribution in [0.3, 0.4) is 0 Å². The van der Waals surface area contributed by atoms with E-state index in [-0.39, 0.29) is 5.91 Å². The first-order valence-electron chi connectivity index (χ1n) is 6.20. The number of carbonyl (C=O) groups is 1. The van der Waals surface area contributed by atoms with Gasteiger partial charge in [0.2, 0.25) is 0 Å². The molecular formula is C14H18N4OS. The lowest BCUT2D eigenvalue weighted by atomic mass is 10.1. The predicted molar refractivity (Wildman–Crippen MR) is 84.7 cm³/mol. The maximum atomic E-state index is 12.4. The number of carbonyl (C=O) groups excluding carboxylic acids is 1. The zero-order chi connectivity index (χ0) is 14.9. The number of hydrogen-bond donors (Lipinski definition) is 2. The van der Waals surface area contributed by atoms with Crippen molar-refractivity contribution in [1.82, 2.24) is 4.98 Å². The molecule has 0 aliphatic carbocycles. The highest BCUT2D eigenvalue weighted by Crippen LogP contribution is 2.25. The maximum Gasteiger partial charge on any atom is 0.259 e. The molecule has 1 aromatic heterocycles. The monoisotopic (exact) mass is 290 g/mol. The number of nitrogens with zero attached hydrogens (tertiary/aromatic N) is 2. The molecule has 0 unspecified atom stereocenters. The van der Waals surface area contributed by atoms with Crippen molar-refractivity contribution in [3.05, 3.63) is 34.3 Å². The summed E-state index contributed by atoms with van der Waals surface area (Å²) in [4.78, 5) is 19.7. The SMILES string of the molecule is Cc1nc(NC(=O)c2cc(N)ccc2N(C)C)sc1C. The van der Waals surface area contributed by atoms with Gasteiger partial charge in [-0.3, -0.25) is 10.1 Å². The molecule has 0 saturated heterocycles. The predicted octanol–water partition coefficient (Wildman–Crippen LogP) is 2.66. The van der Waals surface area contributed by atoms with Crippen LogP contribution in [0, 0.1) is 13.8 Å². The van der Waals surface area contributed by atoms with Gasteiger partial charge < -0.3 is 10.6 Å². The van der Waals surface area contributed by atoms with E-state index in [1.807, 2.05) is 38.9 Å². The number of aryl methyl sites for hydroxylation is 2. The zero-order valence-corrected chi connectivity index (χ0v) is 12.8. The van der Waals surface area contributed by atoms with Crippen LogP contribution in [0.25, 0.3) is 0 Å². The number of anilines is 3. The molecule has 106 valence electrons. The normalized spacial score (nSPS) is 10.4. The molecule has 3 N–H and O–H groups in total. The van der Waals surface area contributed by atoms with Crippen molar-refractivity contribution in [2.45, 2.75) is 13.8 Å². The Balaban J connectivity index is 2.31. The average molecular weight is 290 g/mol. The molecule has 20 heavy (non-hydrogen) atoms. The lowest BCUT2D eigenvalue weighted by molar-refractivity contribution is 0.102. The quantitative estimate of drug-likeness (QED) is 0.853. The summed E-state index contributed by atoms with van der Waals surface area (Å²) in [6.45, 7) is 3.90.